The van der Waals surface area contributed by atoms with E-state index in [-0.39, 0.29) is 11.8 Å². The molecule has 0 saturated carbocycles. The summed E-state index contributed by atoms with van der Waals surface area (Å²) in [6.07, 6.45) is 3.71. The SMILES string of the molecule is CCc1ccccc1N1NC(C(C)(O)CC)C=C1c1ccc(-c2cc(O)ccc2C)s1. The molecule has 0 bridgehead atoms. The van der Waals surface area contributed by atoms with Gasteiger partial charge in [-0.1, -0.05) is 38.1 Å². The van der Waals surface area contributed by atoms with Crippen LogP contribution in [0.15, 0.2) is 60.7 Å². The molecule has 0 spiro atoms. The quantitative estimate of drug-likeness (QED) is 0.453. The topological polar surface area (TPSA) is 55.7 Å². The van der Waals surface area contributed by atoms with Crippen molar-refractivity contribution in [3.05, 3.63) is 76.7 Å². The number of hydrogen-bond donors (Lipinski definition) is 3. The Hall–Kier alpha value is -2.60. The summed E-state index contributed by atoms with van der Waals surface area (Å²) in [7, 11) is 0. The minimum atomic E-state index is -0.858. The fourth-order valence-electron chi connectivity index (χ4n) is 3.93. The van der Waals surface area contributed by atoms with Crippen molar-refractivity contribution in [1.29, 1.82) is 0 Å². The molecule has 3 N–H and O–H groups in total. The Morgan fingerprint density at radius 3 is 2.55 bits per heavy atom. The van der Waals surface area contributed by atoms with Gasteiger partial charge in [0.2, 0.25) is 0 Å². The van der Waals surface area contributed by atoms with Crippen molar-refractivity contribution < 1.29 is 10.2 Å². The van der Waals surface area contributed by atoms with E-state index < -0.39 is 5.60 Å². The zero-order chi connectivity index (χ0) is 22.2. The summed E-state index contributed by atoms with van der Waals surface area (Å²) in [6.45, 7) is 8.10. The van der Waals surface area contributed by atoms with Gasteiger partial charge in [-0.2, -0.15) is 0 Å². The highest BCUT2D eigenvalue weighted by Gasteiger charge is 2.37. The van der Waals surface area contributed by atoms with Crippen molar-refractivity contribution >= 4 is 22.7 Å². The second kappa shape index (κ2) is 8.50. The lowest BCUT2D eigenvalue weighted by Crippen LogP contribution is -2.49. The summed E-state index contributed by atoms with van der Waals surface area (Å²) in [6, 6.07) is 17.9. The van der Waals surface area contributed by atoms with Crippen molar-refractivity contribution in [3.63, 3.8) is 0 Å². The highest BCUT2D eigenvalue weighted by atomic mass is 32.1. The van der Waals surface area contributed by atoms with Crippen LogP contribution in [0.2, 0.25) is 0 Å². The lowest BCUT2D eigenvalue weighted by atomic mass is 9.94. The van der Waals surface area contributed by atoms with Crippen molar-refractivity contribution in [2.24, 2.45) is 0 Å². The number of nitrogens with zero attached hydrogens (tertiary/aromatic N) is 1. The van der Waals surface area contributed by atoms with Gasteiger partial charge in [0.05, 0.1) is 27.9 Å². The van der Waals surface area contributed by atoms with Crippen LogP contribution in [-0.4, -0.2) is 21.9 Å². The van der Waals surface area contributed by atoms with Gasteiger partial charge >= 0.3 is 0 Å². The zero-order valence-corrected chi connectivity index (χ0v) is 19.3. The molecule has 162 valence electrons. The first kappa shape index (κ1) is 21.6. The van der Waals surface area contributed by atoms with Crippen LogP contribution in [-0.2, 0) is 6.42 Å². The molecule has 5 heteroatoms. The van der Waals surface area contributed by atoms with Gasteiger partial charge in [-0.05, 0) is 79.8 Å². The normalized spacial score (nSPS) is 18.2. The van der Waals surface area contributed by atoms with Crippen LogP contribution in [0.5, 0.6) is 5.75 Å². The van der Waals surface area contributed by atoms with Crippen molar-refractivity contribution in [2.45, 2.75) is 52.2 Å². The van der Waals surface area contributed by atoms with Gasteiger partial charge in [-0.3, -0.25) is 5.01 Å². The van der Waals surface area contributed by atoms with E-state index in [0.29, 0.717) is 6.42 Å². The summed E-state index contributed by atoms with van der Waals surface area (Å²) < 4.78 is 0. The predicted molar refractivity (Wildman–Crippen MR) is 130 cm³/mol. The summed E-state index contributed by atoms with van der Waals surface area (Å²) in [5, 5.41) is 23.1. The third-order valence-electron chi connectivity index (χ3n) is 6.18. The fraction of sp³-hybridized carbons (Fsp3) is 0.308. The second-order valence-electron chi connectivity index (χ2n) is 8.35. The Morgan fingerprint density at radius 2 is 1.81 bits per heavy atom. The van der Waals surface area contributed by atoms with Crippen LogP contribution >= 0.6 is 11.3 Å². The molecule has 0 radical (unpaired) electrons. The van der Waals surface area contributed by atoms with E-state index in [1.807, 2.05) is 26.0 Å². The molecule has 0 amide bonds. The van der Waals surface area contributed by atoms with Crippen molar-refractivity contribution in [1.82, 2.24) is 5.43 Å². The van der Waals surface area contributed by atoms with Gasteiger partial charge in [0.15, 0.2) is 0 Å². The van der Waals surface area contributed by atoms with E-state index in [4.69, 9.17) is 0 Å². The molecular weight excluding hydrogens is 404 g/mol. The molecule has 0 saturated heterocycles. The Balaban J connectivity index is 1.78. The molecule has 1 aliphatic rings. The average molecular weight is 435 g/mol. The number of nitrogens with one attached hydrogen (secondary N) is 1. The summed E-state index contributed by atoms with van der Waals surface area (Å²) in [5.41, 5.74) is 8.27. The third-order valence-corrected chi connectivity index (χ3v) is 7.32. The Morgan fingerprint density at radius 1 is 1.06 bits per heavy atom. The number of phenols is 1. The van der Waals surface area contributed by atoms with Crippen LogP contribution in [0.1, 0.15) is 43.2 Å². The number of benzene rings is 2. The molecule has 1 aromatic heterocycles. The first-order valence-electron chi connectivity index (χ1n) is 10.8. The fourth-order valence-corrected chi connectivity index (χ4v) is 5.03. The molecule has 0 fully saturated rings. The number of aliphatic hydroxyl groups is 1. The third kappa shape index (κ3) is 4.13. The second-order valence-corrected chi connectivity index (χ2v) is 9.43. The van der Waals surface area contributed by atoms with Crippen LogP contribution < -0.4 is 10.4 Å². The van der Waals surface area contributed by atoms with Gasteiger partial charge in [-0.15, -0.1) is 11.3 Å². The number of hydrogen-bond acceptors (Lipinski definition) is 5. The zero-order valence-electron chi connectivity index (χ0n) is 18.5. The monoisotopic (exact) mass is 434 g/mol. The lowest BCUT2D eigenvalue weighted by Gasteiger charge is -2.31. The van der Waals surface area contributed by atoms with Gasteiger partial charge in [0.25, 0.3) is 0 Å². The first-order valence-corrected chi connectivity index (χ1v) is 11.6. The molecule has 4 rings (SSSR count). The maximum Gasteiger partial charge on any atom is 0.116 e. The molecule has 3 aromatic rings. The van der Waals surface area contributed by atoms with E-state index >= 15 is 0 Å². The predicted octanol–water partition coefficient (Wildman–Crippen LogP) is 5.89. The molecule has 31 heavy (non-hydrogen) atoms. The van der Waals surface area contributed by atoms with E-state index in [0.717, 1.165) is 38.7 Å². The first-order chi connectivity index (χ1) is 14.8. The molecule has 2 unspecified atom stereocenters. The van der Waals surface area contributed by atoms with E-state index in [9.17, 15) is 10.2 Å². The Bertz CT molecular complexity index is 1120. The number of phenolic OH excluding ortho intramolecular Hbond substituents is 1. The number of para-hydroxylation sites is 1. The molecule has 1 aliphatic heterocycles. The molecular formula is C26H30N2O2S. The van der Waals surface area contributed by atoms with Crippen LogP contribution in [0.3, 0.4) is 0 Å². The summed E-state index contributed by atoms with van der Waals surface area (Å²) in [5.74, 6) is 0.273. The van der Waals surface area contributed by atoms with Gasteiger partial charge < -0.3 is 10.2 Å². The Kier molecular flexibility index (Phi) is 5.93. The lowest BCUT2D eigenvalue weighted by molar-refractivity contribution is 0.0341. The van der Waals surface area contributed by atoms with E-state index in [1.54, 1.807) is 17.4 Å². The van der Waals surface area contributed by atoms with Crippen LogP contribution in [0.4, 0.5) is 5.69 Å². The maximum atomic E-state index is 11.0. The largest absolute Gasteiger partial charge is 0.508 e. The number of aryl methyl sites for hydroxylation is 2. The molecule has 2 atom stereocenters. The van der Waals surface area contributed by atoms with E-state index in [1.165, 1.54) is 5.56 Å². The van der Waals surface area contributed by atoms with Crippen LogP contribution in [0.25, 0.3) is 16.1 Å². The van der Waals surface area contributed by atoms with Crippen molar-refractivity contribution in [3.8, 4) is 16.2 Å². The number of hydrazine groups is 1. The summed E-state index contributed by atoms with van der Waals surface area (Å²) >= 11 is 1.70. The maximum absolute atomic E-state index is 11.0. The van der Waals surface area contributed by atoms with Gasteiger partial charge in [0.1, 0.15) is 5.75 Å². The van der Waals surface area contributed by atoms with Crippen molar-refractivity contribution in [2.75, 3.05) is 5.01 Å². The minimum absolute atomic E-state index is 0.189. The molecule has 2 aromatic carbocycles. The summed E-state index contributed by atoms with van der Waals surface area (Å²) in [4.78, 5) is 2.23. The minimum Gasteiger partial charge on any atom is -0.508 e. The standard InChI is InChI=1S/C26H30N2O2S/c1-5-18-9-7-8-10-21(18)28-22(16-25(27-28)26(4,30)6-2)24-14-13-23(31-24)20-15-19(29)12-11-17(20)3/h7-16,25,27,29-30H,5-6H2,1-4H3. The molecule has 0 aliphatic carbocycles. The van der Waals surface area contributed by atoms with Crippen LogP contribution in [0, 0.1) is 6.92 Å². The highest BCUT2D eigenvalue weighted by molar-refractivity contribution is 7.16. The van der Waals surface area contributed by atoms with Gasteiger partial charge in [-0.25, -0.2) is 5.43 Å². The molecule has 2 heterocycles. The number of aromatic hydroxyl groups is 1. The number of anilines is 1. The Labute approximate surface area is 188 Å². The highest BCUT2D eigenvalue weighted by Crippen LogP contribution is 2.40. The number of rotatable bonds is 6. The molecule has 4 nitrogen and oxygen atoms in total. The number of thiophene rings is 1. The van der Waals surface area contributed by atoms with Gasteiger partial charge in [0, 0.05) is 4.88 Å². The van der Waals surface area contributed by atoms with E-state index in [2.05, 4.69) is 66.8 Å². The smallest absolute Gasteiger partial charge is 0.116 e. The average Bonchev–Trinajstić information content (AvgIpc) is 3.43.